The number of Topliss-reactive ketones (excluding diaryl/α,β-unsaturated/α-hetero) is 1. The van der Waals surface area contributed by atoms with Crippen LogP contribution in [0.1, 0.15) is 10.5 Å². The molecule has 0 atom stereocenters. The number of nitriles is 1. The Labute approximate surface area is 154 Å². The second-order valence-electron chi connectivity index (χ2n) is 5.82. The third kappa shape index (κ3) is 3.21. The van der Waals surface area contributed by atoms with Crippen molar-refractivity contribution in [1.82, 2.24) is 9.47 Å². The smallest absolute Gasteiger partial charge is 0.221 e. The first-order valence-electron chi connectivity index (χ1n) is 7.71. The molecule has 0 unspecified atom stereocenters. The van der Waals surface area contributed by atoms with Crippen LogP contribution in [0.25, 0.3) is 16.6 Å². The molecule has 0 bridgehead atoms. The van der Waals surface area contributed by atoms with E-state index >= 15 is 0 Å². The SMILES string of the molecule is CN(C)/C=C(\C#N)C(=O)c1cc2c(Br)cccc2n1-c1ccccc1. The minimum absolute atomic E-state index is 0.0982. The Morgan fingerprint density at radius 2 is 1.88 bits per heavy atom. The summed E-state index contributed by atoms with van der Waals surface area (Å²) in [6.07, 6.45) is 1.55. The van der Waals surface area contributed by atoms with Gasteiger partial charge in [-0.15, -0.1) is 0 Å². The summed E-state index contributed by atoms with van der Waals surface area (Å²) in [5.41, 5.74) is 2.34. The highest BCUT2D eigenvalue weighted by Gasteiger charge is 2.21. The van der Waals surface area contributed by atoms with Gasteiger partial charge in [0.15, 0.2) is 0 Å². The molecule has 0 fully saturated rings. The van der Waals surface area contributed by atoms with Crippen molar-refractivity contribution in [2.75, 3.05) is 14.1 Å². The van der Waals surface area contributed by atoms with Crippen LogP contribution in [0.15, 0.2) is 70.8 Å². The number of carbonyl (C=O) groups is 1. The van der Waals surface area contributed by atoms with E-state index in [1.165, 1.54) is 0 Å². The highest BCUT2D eigenvalue weighted by atomic mass is 79.9. The summed E-state index contributed by atoms with van der Waals surface area (Å²) in [4.78, 5) is 14.7. The Hall–Kier alpha value is -2.84. The van der Waals surface area contributed by atoms with Gasteiger partial charge >= 0.3 is 0 Å². The summed E-state index contributed by atoms with van der Waals surface area (Å²) in [5, 5.41) is 10.3. The van der Waals surface area contributed by atoms with E-state index in [9.17, 15) is 10.1 Å². The summed E-state index contributed by atoms with van der Waals surface area (Å²) in [6, 6.07) is 19.3. The summed E-state index contributed by atoms with van der Waals surface area (Å²) in [5.74, 6) is -0.303. The van der Waals surface area contributed by atoms with Gasteiger partial charge in [0.2, 0.25) is 5.78 Å². The van der Waals surface area contributed by atoms with Crippen molar-refractivity contribution in [3.05, 3.63) is 76.5 Å². The second kappa shape index (κ2) is 6.96. The number of rotatable bonds is 4. The van der Waals surface area contributed by atoms with Gasteiger partial charge in [0.25, 0.3) is 0 Å². The van der Waals surface area contributed by atoms with Gasteiger partial charge in [-0.05, 0) is 30.3 Å². The molecule has 3 aromatic rings. The number of hydrogen-bond donors (Lipinski definition) is 0. The van der Waals surface area contributed by atoms with Crippen molar-refractivity contribution in [2.45, 2.75) is 0 Å². The topological polar surface area (TPSA) is 49.0 Å². The number of benzene rings is 2. The van der Waals surface area contributed by atoms with Crippen LogP contribution in [-0.4, -0.2) is 29.3 Å². The van der Waals surface area contributed by atoms with Gasteiger partial charge < -0.3 is 9.47 Å². The minimum atomic E-state index is -0.303. The van der Waals surface area contributed by atoms with Gasteiger partial charge in [-0.2, -0.15) is 5.26 Å². The van der Waals surface area contributed by atoms with Crippen molar-refractivity contribution >= 4 is 32.6 Å². The van der Waals surface area contributed by atoms with Crippen LogP contribution in [0.5, 0.6) is 0 Å². The van der Waals surface area contributed by atoms with Gasteiger partial charge in [0.1, 0.15) is 11.6 Å². The lowest BCUT2D eigenvalue weighted by molar-refractivity contribution is 0.103. The van der Waals surface area contributed by atoms with E-state index < -0.39 is 0 Å². The predicted octanol–water partition coefficient (Wildman–Crippen LogP) is 4.54. The average molecular weight is 394 g/mol. The number of fused-ring (bicyclic) bond motifs is 1. The number of ketones is 1. The number of aromatic nitrogens is 1. The van der Waals surface area contributed by atoms with Crippen LogP contribution in [0.3, 0.4) is 0 Å². The number of para-hydroxylation sites is 1. The number of carbonyl (C=O) groups excluding carboxylic acids is 1. The van der Waals surface area contributed by atoms with E-state index in [2.05, 4.69) is 15.9 Å². The van der Waals surface area contributed by atoms with Gasteiger partial charge in [-0.1, -0.05) is 40.2 Å². The maximum absolute atomic E-state index is 13.0. The molecule has 0 radical (unpaired) electrons. The second-order valence-corrected chi connectivity index (χ2v) is 6.67. The molecule has 3 rings (SSSR count). The molecule has 1 aromatic heterocycles. The fourth-order valence-electron chi connectivity index (χ4n) is 2.75. The van der Waals surface area contributed by atoms with Crippen LogP contribution in [-0.2, 0) is 0 Å². The van der Waals surface area contributed by atoms with E-state index in [-0.39, 0.29) is 11.4 Å². The summed E-state index contributed by atoms with van der Waals surface area (Å²) in [6.45, 7) is 0. The molecule has 0 amide bonds. The monoisotopic (exact) mass is 393 g/mol. The average Bonchev–Trinajstić information content (AvgIpc) is 3.00. The first-order chi connectivity index (χ1) is 12.0. The highest BCUT2D eigenvalue weighted by Crippen LogP contribution is 2.31. The van der Waals surface area contributed by atoms with Crippen molar-refractivity contribution in [3.63, 3.8) is 0 Å². The summed E-state index contributed by atoms with van der Waals surface area (Å²) >= 11 is 3.55. The van der Waals surface area contributed by atoms with Crippen molar-refractivity contribution in [3.8, 4) is 11.8 Å². The fraction of sp³-hybridized carbons (Fsp3) is 0.100. The third-order valence-corrected chi connectivity index (χ3v) is 4.48. The van der Waals surface area contributed by atoms with Crippen molar-refractivity contribution in [1.29, 1.82) is 5.26 Å². The van der Waals surface area contributed by atoms with Crippen molar-refractivity contribution in [2.24, 2.45) is 0 Å². The van der Waals surface area contributed by atoms with E-state index in [1.54, 1.807) is 25.2 Å². The zero-order valence-corrected chi connectivity index (χ0v) is 15.5. The Kier molecular flexibility index (Phi) is 4.73. The van der Waals surface area contributed by atoms with Gasteiger partial charge in [0, 0.05) is 35.8 Å². The summed E-state index contributed by atoms with van der Waals surface area (Å²) < 4.78 is 2.80. The van der Waals surface area contributed by atoms with Crippen LogP contribution < -0.4 is 0 Å². The number of nitrogens with zero attached hydrogens (tertiary/aromatic N) is 3. The van der Waals surface area contributed by atoms with E-state index in [1.807, 2.05) is 65.2 Å². The first-order valence-corrected chi connectivity index (χ1v) is 8.50. The van der Waals surface area contributed by atoms with Gasteiger partial charge in [-0.3, -0.25) is 4.79 Å². The zero-order chi connectivity index (χ0) is 18.0. The lowest BCUT2D eigenvalue weighted by Gasteiger charge is -2.11. The lowest BCUT2D eigenvalue weighted by Crippen LogP contribution is -2.12. The first kappa shape index (κ1) is 17.0. The van der Waals surface area contributed by atoms with E-state index in [4.69, 9.17) is 0 Å². The molecule has 124 valence electrons. The largest absolute Gasteiger partial charge is 0.382 e. The standard InChI is InChI=1S/C20H16BrN3O/c1-23(2)13-14(12-22)20(25)19-11-16-17(21)9-6-10-18(16)24(19)15-7-4-3-5-8-15/h3-11,13H,1-2H3/b14-13+. The molecule has 0 aliphatic carbocycles. The summed E-state index contributed by atoms with van der Waals surface area (Å²) in [7, 11) is 3.57. The molecule has 0 aliphatic heterocycles. The molecule has 0 aliphatic rings. The van der Waals surface area contributed by atoms with Gasteiger partial charge in [-0.25, -0.2) is 0 Å². The predicted molar refractivity (Wildman–Crippen MR) is 103 cm³/mol. The normalized spacial score (nSPS) is 11.4. The molecular weight excluding hydrogens is 378 g/mol. The quantitative estimate of drug-likeness (QED) is 0.371. The number of halogens is 1. The fourth-order valence-corrected chi connectivity index (χ4v) is 3.22. The maximum Gasteiger partial charge on any atom is 0.221 e. The molecule has 0 spiro atoms. The van der Waals surface area contributed by atoms with E-state index in [0.717, 1.165) is 21.1 Å². The molecule has 4 nitrogen and oxygen atoms in total. The molecule has 25 heavy (non-hydrogen) atoms. The minimum Gasteiger partial charge on any atom is -0.382 e. The van der Waals surface area contributed by atoms with Crippen LogP contribution in [0.2, 0.25) is 0 Å². The van der Waals surface area contributed by atoms with E-state index in [0.29, 0.717) is 5.69 Å². The zero-order valence-electron chi connectivity index (χ0n) is 13.9. The Morgan fingerprint density at radius 1 is 1.16 bits per heavy atom. The molecule has 0 saturated heterocycles. The molecule has 1 heterocycles. The molecule has 0 saturated carbocycles. The van der Waals surface area contributed by atoms with Crippen molar-refractivity contribution < 1.29 is 4.79 Å². The third-order valence-electron chi connectivity index (χ3n) is 3.79. The molecule has 0 N–H and O–H groups in total. The van der Waals surface area contributed by atoms with Crippen LogP contribution in [0, 0.1) is 11.3 Å². The van der Waals surface area contributed by atoms with Crippen LogP contribution in [0.4, 0.5) is 0 Å². The maximum atomic E-state index is 13.0. The highest BCUT2D eigenvalue weighted by molar-refractivity contribution is 9.10. The molecule has 2 aromatic carbocycles. The Balaban J connectivity index is 2.30. The van der Waals surface area contributed by atoms with Gasteiger partial charge in [0.05, 0.1) is 11.2 Å². The Bertz CT molecular complexity index is 1010. The Morgan fingerprint density at radius 3 is 2.52 bits per heavy atom. The number of hydrogen-bond acceptors (Lipinski definition) is 3. The lowest BCUT2D eigenvalue weighted by atomic mass is 10.1. The molecular formula is C20H16BrN3O. The number of allylic oxidation sites excluding steroid dienone is 1. The molecule has 5 heteroatoms. The van der Waals surface area contributed by atoms with Crippen LogP contribution >= 0.6 is 15.9 Å².